The number of hydrogen-bond donors (Lipinski definition) is 0. The number of rotatable bonds is 2. The second kappa shape index (κ2) is 5.15. The van der Waals surface area contributed by atoms with Crippen LogP contribution in [0.15, 0.2) is 11.5 Å². The van der Waals surface area contributed by atoms with Gasteiger partial charge in [0.2, 0.25) is 0 Å². The van der Waals surface area contributed by atoms with E-state index >= 15 is 0 Å². The molecule has 1 fully saturated rings. The van der Waals surface area contributed by atoms with Gasteiger partial charge in [0.1, 0.15) is 0 Å². The van der Waals surface area contributed by atoms with Crippen LogP contribution in [0.2, 0.25) is 0 Å². The molecule has 0 N–H and O–H groups in total. The summed E-state index contributed by atoms with van der Waals surface area (Å²) in [5.41, 5.74) is 0.968. The van der Waals surface area contributed by atoms with Gasteiger partial charge < -0.3 is 14.0 Å². The zero-order valence-electron chi connectivity index (χ0n) is 14.1. The van der Waals surface area contributed by atoms with Crippen LogP contribution in [0.4, 0.5) is 0 Å². The number of hydrogen-bond acceptors (Lipinski definition) is 3. The lowest BCUT2D eigenvalue weighted by Crippen LogP contribution is -2.41. The normalized spacial score (nSPS) is 29.4. The minimum atomic E-state index is -0.268. The molecule has 1 unspecified atom stereocenters. The highest BCUT2D eigenvalue weighted by atomic mass is 16.7. The van der Waals surface area contributed by atoms with Gasteiger partial charge in [0.15, 0.2) is 0 Å². The number of ether oxygens (including phenoxy) is 1. The first-order valence-electron chi connectivity index (χ1n) is 7.68. The minimum absolute atomic E-state index is 0.178. The van der Waals surface area contributed by atoms with E-state index in [-0.39, 0.29) is 29.8 Å². The van der Waals surface area contributed by atoms with Crippen molar-refractivity contribution in [3.63, 3.8) is 0 Å². The van der Waals surface area contributed by atoms with E-state index in [9.17, 15) is 0 Å². The first kappa shape index (κ1) is 16.1. The molecule has 0 saturated carbocycles. The lowest BCUT2D eigenvalue weighted by molar-refractivity contribution is 0.00578. The summed E-state index contributed by atoms with van der Waals surface area (Å²) < 4.78 is 18.1. The summed E-state index contributed by atoms with van der Waals surface area (Å²) >= 11 is 0. The Labute approximate surface area is 124 Å². The molecular formula is C16H29BO3. The first-order chi connectivity index (χ1) is 9.00. The molecule has 0 radical (unpaired) electrons. The second-order valence-corrected chi connectivity index (χ2v) is 8.25. The van der Waals surface area contributed by atoms with E-state index in [1.165, 1.54) is 5.47 Å². The maximum absolute atomic E-state index is 6.14. The van der Waals surface area contributed by atoms with E-state index in [0.717, 1.165) is 19.4 Å². The van der Waals surface area contributed by atoms with Crippen LogP contribution in [-0.4, -0.2) is 31.0 Å². The van der Waals surface area contributed by atoms with E-state index in [2.05, 4.69) is 54.5 Å². The average molecular weight is 280 g/mol. The van der Waals surface area contributed by atoms with Gasteiger partial charge in [-0.15, -0.1) is 0 Å². The van der Waals surface area contributed by atoms with Crippen molar-refractivity contribution >= 4 is 7.12 Å². The summed E-state index contributed by atoms with van der Waals surface area (Å²) in [5, 5.41) is 0. The third-order valence-corrected chi connectivity index (χ3v) is 4.49. The predicted octanol–water partition coefficient (Wildman–Crippen LogP) is 3.77. The van der Waals surface area contributed by atoms with Gasteiger partial charge in [0.25, 0.3) is 0 Å². The fourth-order valence-corrected chi connectivity index (χ4v) is 2.61. The lowest BCUT2D eigenvalue weighted by Gasteiger charge is -2.32. The topological polar surface area (TPSA) is 27.7 Å². The summed E-state index contributed by atoms with van der Waals surface area (Å²) in [4.78, 5) is 0. The van der Waals surface area contributed by atoms with Gasteiger partial charge in [0.05, 0.1) is 23.9 Å². The van der Waals surface area contributed by atoms with Gasteiger partial charge in [-0.2, -0.15) is 0 Å². The summed E-state index contributed by atoms with van der Waals surface area (Å²) in [5.74, 6) is 0. The molecule has 1 saturated heterocycles. The second-order valence-electron chi connectivity index (χ2n) is 8.25. The third kappa shape index (κ3) is 3.47. The van der Waals surface area contributed by atoms with Crippen LogP contribution in [0.25, 0.3) is 0 Å². The summed E-state index contributed by atoms with van der Waals surface area (Å²) in [6.07, 6.45) is 4.32. The molecule has 4 heteroatoms. The van der Waals surface area contributed by atoms with Crippen LogP contribution in [0.1, 0.15) is 61.3 Å². The largest absolute Gasteiger partial charge is 0.490 e. The molecular weight excluding hydrogens is 251 g/mol. The van der Waals surface area contributed by atoms with Crippen LogP contribution in [0.3, 0.4) is 0 Å². The molecule has 0 amide bonds. The van der Waals surface area contributed by atoms with E-state index in [1.54, 1.807) is 0 Å². The van der Waals surface area contributed by atoms with Crippen molar-refractivity contribution in [1.82, 2.24) is 0 Å². The molecule has 114 valence electrons. The van der Waals surface area contributed by atoms with Crippen molar-refractivity contribution in [1.29, 1.82) is 0 Å². The van der Waals surface area contributed by atoms with Gasteiger partial charge >= 0.3 is 7.12 Å². The molecule has 2 aliphatic rings. The quantitative estimate of drug-likeness (QED) is 0.721. The van der Waals surface area contributed by atoms with Crippen LogP contribution in [0.5, 0.6) is 0 Å². The highest BCUT2D eigenvalue weighted by Crippen LogP contribution is 2.40. The summed E-state index contributed by atoms with van der Waals surface area (Å²) in [6.45, 7) is 15.9. The van der Waals surface area contributed by atoms with Crippen molar-refractivity contribution in [3.05, 3.63) is 11.5 Å². The van der Waals surface area contributed by atoms with Gasteiger partial charge in [-0.1, -0.05) is 26.8 Å². The molecule has 0 aliphatic carbocycles. The van der Waals surface area contributed by atoms with Crippen LogP contribution < -0.4 is 0 Å². The van der Waals surface area contributed by atoms with E-state index < -0.39 is 0 Å². The van der Waals surface area contributed by atoms with Crippen LogP contribution in [0, 0.1) is 5.41 Å². The Balaban J connectivity index is 2.10. The Morgan fingerprint density at radius 3 is 2.20 bits per heavy atom. The Morgan fingerprint density at radius 2 is 1.70 bits per heavy atom. The standard InChI is InChI=1S/C16H29BO3/c1-14(2,3)11-13-10-12(8-9-18-13)17-19-15(4,5)16(6,7)20-17/h10,13H,8-9,11H2,1-7H3. The monoisotopic (exact) mass is 280 g/mol. The Kier molecular flexibility index (Phi) is 4.14. The van der Waals surface area contributed by atoms with E-state index in [4.69, 9.17) is 14.0 Å². The predicted molar refractivity (Wildman–Crippen MR) is 82.6 cm³/mol. The molecule has 20 heavy (non-hydrogen) atoms. The molecule has 0 aromatic heterocycles. The van der Waals surface area contributed by atoms with Crippen molar-refractivity contribution in [2.75, 3.05) is 6.61 Å². The smallest absolute Gasteiger partial charge is 0.400 e. The van der Waals surface area contributed by atoms with Gasteiger partial charge in [-0.3, -0.25) is 0 Å². The molecule has 2 rings (SSSR count). The average Bonchev–Trinajstić information content (AvgIpc) is 2.46. The molecule has 3 nitrogen and oxygen atoms in total. The van der Waals surface area contributed by atoms with Gasteiger partial charge in [-0.25, -0.2) is 0 Å². The molecule has 0 aromatic carbocycles. The fraction of sp³-hybridized carbons (Fsp3) is 0.875. The maximum Gasteiger partial charge on any atom is 0.490 e. The van der Waals surface area contributed by atoms with E-state index in [1.807, 2.05) is 0 Å². The highest BCUT2D eigenvalue weighted by Gasteiger charge is 2.52. The van der Waals surface area contributed by atoms with Crippen molar-refractivity contribution in [2.45, 2.75) is 78.6 Å². The Bertz CT molecular complexity index is 377. The fourth-order valence-electron chi connectivity index (χ4n) is 2.61. The minimum Gasteiger partial charge on any atom is -0.400 e. The van der Waals surface area contributed by atoms with Gasteiger partial charge in [-0.05, 0) is 51.4 Å². The summed E-state index contributed by atoms with van der Waals surface area (Å²) in [6, 6.07) is 0. The Morgan fingerprint density at radius 1 is 1.15 bits per heavy atom. The molecule has 0 aromatic rings. The van der Waals surface area contributed by atoms with E-state index in [0.29, 0.717) is 0 Å². The van der Waals surface area contributed by atoms with Crippen molar-refractivity contribution < 1.29 is 14.0 Å². The molecule has 0 spiro atoms. The Hall–Kier alpha value is -0.315. The van der Waals surface area contributed by atoms with Crippen LogP contribution >= 0.6 is 0 Å². The molecule has 1 atom stereocenters. The lowest BCUT2D eigenvalue weighted by atomic mass is 9.73. The zero-order valence-corrected chi connectivity index (χ0v) is 14.1. The molecule has 2 aliphatic heterocycles. The SMILES string of the molecule is CC(C)(C)CC1C=C(B2OC(C)(C)C(C)(C)O2)CCO1. The first-order valence-corrected chi connectivity index (χ1v) is 7.68. The van der Waals surface area contributed by atoms with Crippen LogP contribution in [-0.2, 0) is 14.0 Å². The van der Waals surface area contributed by atoms with Crippen molar-refractivity contribution in [2.24, 2.45) is 5.41 Å². The third-order valence-electron chi connectivity index (χ3n) is 4.49. The maximum atomic E-state index is 6.14. The van der Waals surface area contributed by atoms with Gasteiger partial charge in [0, 0.05) is 0 Å². The summed E-state index contributed by atoms with van der Waals surface area (Å²) in [7, 11) is -0.216. The zero-order chi connectivity index (χ0) is 15.2. The molecule has 2 heterocycles. The molecule has 0 bridgehead atoms. The van der Waals surface area contributed by atoms with Crippen molar-refractivity contribution in [3.8, 4) is 0 Å². The highest BCUT2D eigenvalue weighted by molar-refractivity contribution is 6.54.